The van der Waals surface area contributed by atoms with E-state index >= 15 is 0 Å². The van der Waals surface area contributed by atoms with Crippen molar-refractivity contribution >= 4 is 26.2 Å². The third-order valence-electron chi connectivity index (χ3n) is 2.26. The normalized spacial score (nSPS) is 12.0. The second kappa shape index (κ2) is 9.16. The Balaban J connectivity index is 0.000000777. The molecule has 2 rings (SSSR count). The van der Waals surface area contributed by atoms with Crippen LogP contribution >= 0.6 is 0 Å². The molecule has 0 aliphatic rings. The summed E-state index contributed by atoms with van der Waals surface area (Å²) in [4.78, 5) is 20.5. The summed E-state index contributed by atoms with van der Waals surface area (Å²) in [5.74, 6) is 0. The zero-order valence-electron chi connectivity index (χ0n) is 12.2. The van der Waals surface area contributed by atoms with E-state index in [-0.39, 0.29) is 16.1 Å². The Labute approximate surface area is 155 Å². The molecule has 0 saturated carbocycles. The van der Waals surface area contributed by atoms with E-state index in [0.29, 0.717) is 0 Å². The average Bonchev–Trinajstić information content (AvgIpc) is 2.45. The Kier molecular flexibility index (Phi) is 8.50. The van der Waals surface area contributed by atoms with Crippen LogP contribution in [-0.4, -0.2) is 24.6 Å². The van der Waals surface area contributed by atoms with E-state index in [1.54, 1.807) is 24.3 Å². The Morgan fingerprint density at radius 1 is 0.769 bits per heavy atom. The van der Waals surface area contributed by atoms with Gasteiger partial charge < -0.3 is 4.70 Å². The number of benzene rings is 2. The third-order valence-corrected chi connectivity index (χ3v) is 4.84. The van der Waals surface area contributed by atoms with E-state index < -0.39 is 45.9 Å². The minimum absolute atomic E-state index is 0. The van der Waals surface area contributed by atoms with Crippen LogP contribution in [0.2, 0.25) is 0 Å². The minimum atomic E-state index is -8.99. The Bertz CT molecular complexity index is 730. The Morgan fingerprint density at radius 2 is 1.08 bits per heavy atom. The van der Waals surface area contributed by atoms with Gasteiger partial charge in [0.2, 0.25) is 0 Å². The molecule has 0 heterocycles. The third kappa shape index (κ3) is 10.9. The topological polar surface area (TPSA) is 86.3 Å². The van der Waals surface area contributed by atoms with Crippen LogP contribution in [0.25, 0.3) is 0 Å². The summed E-state index contributed by atoms with van der Waals surface area (Å²) in [6.07, 6.45) is 0. The van der Waals surface area contributed by atoms with Crippen molar-refractivity contribution in [3.05, 3.63) is 75.9 Å². The van der Waals surface area contributed by atoms with Gasteiger partial charge in [-0.3, -0.25) is 0 Å². The summed E-state index contributed by atoms with van der Waals surface area (Å²) in [6, 6.07) is 12.8. The van der Waals surface area contributed by atoms with Gasteiger partial charge >= 0.3 is 150 Å². The molecule has 0 spiro atoms. The molecule has 146 valence electrons. The van der Waals surface area contributed by atoms with Gasteiger partial charge in [-0.1, -0.05) is 0 Å². The molecular formula is C12H8AsF6IN2O4-2. The van der Waals surface area contributed by atoms with Crippen LogP contribution in [0.5, 0.6) is 0 Å². The van der Waals surface area contributed by atoms with Gasteiger partial charge in [-0.05, 0) is 0 Å². The summed E-state index contributed by atoms with van der Waals surface area (Å²) in [7, 11) is 0. The molecule has 0 atom stereocenters. The quantitative estimate of drug-likeness (QED) is 0.148. The van der Waals surface area contributed by atoms with Gasteiger partial charge in [0.15, 0.2) is 0 Å². The van der Waals surface area contributed by atoms with Crippen LogP contribution in [0.1, 0.15) is 0 Å². The van der Waals surface area contributed by atoms with Gasteiger partial charge in [-0.15, -0.1) is 0 Å². The van der Waals surface area contributed by atoms with Gasteiger partial charge in [0.05, 0.1) is 0 Å². The molecular weight excluding hydrogens is 552 g/mol. The van der Waals surface area contributed by atoms with Gasteiger partial charge in [-0.2, -0.15) is 0 Å². The van der Waals surface area contributed by atoms with E-state index in [0.717, 1.165) is 7.14 Å². The maximum absolute atomic E-state index is 10.7. The second-order valence-electron chi connectivity index (χ2n) is 4.21. The fourth-order valence-corrected chi connectivity index (χ4v) is 3.87. The number of hydrogen-bond acceptors (Lipinski definition) is 4. The first kappa shape index (κ1) is 24.1. The predicted molar refractivity (Wildman–Crippen MR) is 74.9 cm³/mol. The molecule has 6 nitrogen and oxygen atoms in total. The molecule has 0 aromatic heterocycles. The molecule has 0 fully saturated rings. The SMILES string of the molecule is F[As](F)(F)(F)F.O=[N+]([O-])c1cccc([I-]c2cccc([N+](=O)[O-])c2)c1.[F-]. The molecule has 0 unspecified atom stereocenters. The van der Waals surface area contributed by atoms with Gasteiger partial charge in [-0.25, -0.2) is 0 Å². The molecule has 2 aromatic rings. The summed E-state index contributed by atoms with van der Waals surface area (Å²) in [6.45, 7) is 0. The van der Waals surface area contributed by atoms with E-state index in [1.807, 2.05) is 0 Å². The molecule has 26 heavy (non-hydrogen) atoms. The van der Waals surface area contributed by atoms with Crippen LogP contribution in [0.4, 0.5) is 28.7 Å². The Hall–Kier alpha value is -1.89. The summed E-state index contributed by atoms with van der Waals surface area (Å²) in [5, 5.41) is 21.4. The van der Waals surface area contributed by atoms with Crippen LogP contribution in [-0.2, 0) is 0 Å². The van der Waals surface area contributed by atoms with Crippen molar-refractivity contribution in [3.8, 4) is 0 Å². The molecule has 0 aliphatic heterocycles. The van der Waals surface area contributed by atoms with Crippen molar-refractivity contribution in [1.82, 2.24) is 0 Å². The summed E-state index contributed by atoms with van der Waals surface area (Å²) < 4.78 is 51.1. The van der Waals surface area contributed by atoms with Gasteiger partial charge in [0.1, 0.15) is 0 Å². The molecule has 0 amide bonds. The number of non-ortho nitro benzene ring substituents is 2. The molecule has 0 bridgehead atoms. The fourth-order valence-electron chi connectivity index (χ4n) is 1.42. The largest absolute Gasteiger partial charge is 1.00 e. The van der Waals surface area contributed by atoms with Crippen molar-refractivity contribution in [2.75, 3.05) is 0 Å². The van der Waals surface area contributed by atoms with E-state index in [2.05, 4.69) is 0 Å². The fraction of sp³-hybridized carbons (Fsp3) is 0. The monoisotopic (exact) mass is 560 g/mol. The predicted octanol–water partition coefficient (Wildman–Crippen LogP) is -1.64. The minimum Gasteiger partial charge on any atom is -1.00 e. The van der Waals surface area contributed by atoms with Crippen molar-refractivity contribution in [3.63, 3.8) is 0 Å². The average molecular weight is 560 g/mol. The van der Waals surface area contributed by atoms with Crippen molar-refractivity contribution in [2.24, 2.45) is 0 Å². The summed E-state index contributed by atoms with van der Waals surface area (Å²) >= 11 is -9.65. The number of rotatable bonds is 4. The molecule has 0 saturated heterocycles. The van der Waals surface area contributed by atoms with Crippen LogP contribution in [0.3, 0.4) is 0 Å². The zero-order valence-corrected chi connectivity index (χ0v) is 16.3. The second-order valence-corrected chi connectivity index (χ2v) is 9.92. The van der Waals surface area contributed by atoms with Gasteiger partial charge in [0.25, 0.3) is 0 Å². The summed E-state index contributed by atoms with van der Waals surface area (Å²) in [5.41, 5.74) is 0.0882. The maximum Gasteiger partial charge on any atom is -1.00 e. The first-order valence-corrected chi connectivity index (χ1v) is 11.7. The van der Waals surface area contributed by atoms with E-state index in [1.165, 1.54) is 24.3 Å². The van der Waals surface area contributed by atoms with E-state index in [9.17, 15) is 37.6 Å². The van der Waals surface area contributed by atoms with E-state index in [4.69, 9.17) is 0 Å². The molecule has 14 heteroatoms. The van der Waals surface area contributed by atoms with Crippen LogP contribution in [0.15, 0.2) is 48.5 Å². The number of nitro groups is 2. The molecule has 2 aromatic carbocycles. The van der Waals surface area contributed by atoms with Gasteiger partial charge in [0, 0.05) is 0 Å². The number of nitrogens with zero attached hydrogens (tertiary/aromatic N) is 2. The molecule has 0 aliphatic carbocycles. The maximum atomic E-state index is 10.7. The molecule has 0 N–H and O–H groups in total. The van der Waals surface area contributed by atoms with Crippen LogP contribution in [0, 0.1) is 27.4 Å². The standard InChI is InChI=1S/C12H8IN2O4.AsF5.FH/c16-14(17)11-5-1-3-9(7-11)13-10-4-2-6-12(8-10)15(18)19;2-1(3,4,5)6;/h1-8H;;1H/q-1;;/p-1. The number of halogens is 7. The Morgan fingerprint density at radius 3 is 1.35 bits per heavy atom. The van der Waals surface area contributed by atoms with Crippen LogP contribution < -0.4 is 25.9 Å². The first-order chi connectivity index (χ1) is 11.3. The number of hydrogen-bond donors (Lipinski definition) is 0. The zero-order chi connectivity index (χ0) is 19.3. The molecule has 0 radical (unpaired) electrons. The smallest absolute Gasteiger partial charge is 1.00 e. The van der Waals surface area contributed by atoms with Crippen molar-refractivity contribution in [1.29, 1.82) is 0 Å². The first-order valence-electron chi connectivity index (χ1n) is 6.04. The van der Waals surface area contributed by atoms with Crippen molar-refractivity contribution < 1.29 is 53.1 Å². The number of nitro benzene ring substituents is 2. The van der Waals surface area contributed by atoms with Crippen molar-refractivity contribution in [2.45, 2.75) is 0 Å².